The largest absolute Gasteiger partial charge is 2.00 e. The molecule has 268 valence electrons. The van der Waals surface area contributed by atoms with Crippen molar-refractivity contribution < 1.29 is 25.8 Å². The van der Waals surface area contributed by atoms with Crippen LogP contribution in [-0.2, 0) is 53.2 Å². The average molecular weight is 868 g/mol. The standard InChI is InChI=1S/C46H48N4O.Pt/c1-8-16-31-23-24-47-44(25-31)49-42-20-14-13-19-38(42)39-22-21-36(29-43(39)49)51-37-27-34(30(6)7)26-35(28-37)50-41(12-5)46(40(11-4)48-50)45-32(9-2)17-15-18-33(45)10-3;/h13-15,17-27,30H,8-12,16H2,1-7H3;/q-2;+2. The van der Waals surface area contributed by atoms with Crippen molar-refractivity contribution in [3.63, 3.8) is 0 Å². The zero-order valence-corrected chi connectivity index (χ0v) is 33.7. The molecule has 0 amide bonds. The first-order valence-corrected chi connectivity index (χ1v) is 18.8. The molecule has 3 heterocycles. The SMILES string of the molecule is CCCc1ccnc(-n2c3[c-]c(Oc4[c-]c(-n5nc(CC)c(-c6c(CC)cccc6CC)c5CC)cc(C(C)C)c4)ccc3c3ccccc32)c1.[Pt+2]. The van der Waals surface area contributed by atoms with Gasteiger partial charge in [-0.3, -0.25) is 4.68 Å². The van der Waals surface area contributed by atoms with Gasteiger partial charge in [-0.1, -0.05) is 96.8 Å². The van der Waals surface area contributed by atoms with Gasteiger partial charge < -0.3 is 9.30 Å². The third-order valence-corrected chi connectivity index (χ3v) is 10.1. The van der Waals surface area contributed by atoms with Crippen LogP contribution in [0.25, 0.3) is 44.4 Å². The molecule has 5 nitrogen and oxygen atoms in total. The number of rotatable bonds is 12. The van der Waals surface area contributed by atoms with Crippen LogP contribution in [0.5, 0.6) is 11.5 Å². The Balaban J connectivity index is 0.00000464. The van der Waals surface area contributed by atoms with E-state index in [1.165, 1.54) is 39.1 Å². The van der Waals surface area contributed by atoms with E-state index in [9.17, 15) is 0 Å². The summed E-state index contributed by atoms with van der Waals surface area (Å²) in [7, 11) is 0. The van der Waals surface area contributed by atoms with Crippen LogP contribution in [0, 0.1) is 12.1 Å². The number of fused-ring (bicyclic) bond motifs is 3. The molecule has 0 bridgehead atoms. The van der Waals surface area contributed by atoms with E-state index in [1.807, 2.05) is 12.3 Å². The minimum atomic E-state index is 0. The van der Waals surface area contributed by atoms with Crippen LogP contribution < -0.4 is 4.74 Å². The van der Waals surface area contributed by atoms with Gasteiger partial charge >= 0.3 is 21.1 Å². The maximum absolute atomic E-state index is 6.70. The van der Waals surface area contributed by atoms with E-state index in [2.05, 4.69) is 143 Å². The molecule has 52 heavy (non-hydrogen) atoms. The van der Waals surface area contributed by atoms with E-state index in [1.54, 1.807) is 0 Å². The van der Waals surface area contributed by atoms with Crippen LogP contribution in [0.2, 0.25) is 0 Å². The van der Waals surface area contributed by atoms with Crippen molar-refractivity contribution in [1.82, 2.24) is 19.3 Å². The summed E-state index contributed by atoms with van der Waals surface area (Å²) in [6.07, 6.45) is 7.66. The zero-order chi connectivity index (χ0) is 35.6. The van der Waals surface area contributed by atoms with Gasteiger partial charge in [-0.25, -0.2) is 4.98 Å². The molecule has 3 aromatic heterocycles. The summed E-state index contributed by atoms with van der Waals surface area (Å²) in [6.45, 7) is 15.6. The Morgan fingerprint density at radius 3 is 2.19 bits per heavy atom. The van der Waals surface area contributed by atoms with E-state index in [0.717, 1.165) is 77.5 Å². The number of aryl methyl sites for hydroxylation is 4. The third-order valence-electron chi connectivity index (χ3n) is 10.1. The van der Waals surface area contributed by atoms with Gasteiger partial charge in [-0.05, 0) is 89.5 Å². The zero-order valence-electron chi connectivity index (χ0n) is 31.4. The third kappa shape index (κ3) is 6.88. The summed E-state index contributed by atoms with van der Waals surface area (Å²) in [5, 5.41) is 7.57. The number of ether oxygens (including phenoxy) is 1. The maximum Gasteiger partial charge on any atom is 2.00 e. The first-order valence-electron chi connectivity index (χ1n) is 18.8. The van der Waals surface area contributed by atoms with Crippen molar-refractivity contribution in [2.24, 2.45) is 0 Å². The molecule has 4 aromatic carbocycles. The van der Waals surface area contributed by atoms with Gasteiger partial charge in [0, 0.05) is 34.5 Å². The molecule has 0 aliphatic carbocycles. The molecule has 0 aliphatic heterocycles. The predicted molar refractivity (Wildman–Crippen MR) is 211 cm³/mol. The van der Waals surface area contributed by atoms with E-state index in [0.29, 0.717) is 11.5 Å². The molecular formula is C46H48N4OPt. The van der Waals surface area contributed by atoms with Gasteiger partial charge in [0.15, 0.2) is 0 Å². The molecule has 0 saturated carbocycles. The monoisotopic (exact) mass is 867 g/mol. The average Bonchev–Trinajstić information content (AvgIpc) is 3.69. The molecule has 0 spiro atoms. The predicted octanol–water partition coefficient (Wildman–Crippen LogP) is 11.7. The minimum absolute atomic E-state index is 0. The van der Waals surface area contributed by atoms with Crippen LogP contribution in [-0.4, -0.2) is 19.3 Å². The second kappa shape index (κ2) is 16.0. The summed E-state index contributed by atoms with van der Waals surface area (Å²) in [4.78, 5) is 4.82. The second-order valence-corrected chi connectivity index (χ2v) is 13.7. The molecule has 0 unspecified atom stereocenters. The number of hydrogen-bond donors (Lipinski definition) is 0. The van der Waals surface area contributed by atoms with Crippen LogP contribution in [0.15, 0.2) is 85.1 Å². The number of hydrogen-bond acceptors (Lipinski definition) is 3. The van der Waals surface area contributed by atoms with Crippen molar-refractivity contribution in [3.8, 4) is 34.1 Å². The van der Waals surface area contributed by atoms with E-state index < -0.39 is 0 Å². The molecule has 6 heteroatoms. The quantitative estimate of drug-likeness (QED) is 0.115. The van der Waals surface area contributed by atoms with Gasteiger partial charge in [0.1, 0.15) is 5.82 Å². The smallest absolute Gasteiger partial charge is 0.509 e. The Kier molecular flexibility index (Phi) is 11.5. The Morgan fingerprint density at radius 1 is 0.731 bits per heavy atom. The Hall–Kier alpha value is -4.47. The normalized spacial score (nSPS) is 11.5. The first-order chi connectivity index (χ1) is 24.9. The molecule has 0 fully saturated rings. The van der Waals surface area contributed by atoms with Crippen LogP contribution in [0.4, 0.5) is 0 Å². The molecule has 0 atom stereocenters. The summed E-state index contributed by atoms with van der Waals surface area (Å²) in [5.74, 6) is 2.46. The molecule has 0 aliphatic rings. The Labute approximate surface area is 323 Å². The van der Waals surface area contributed by atoms with Crippen molar-refractivity contribution in [2.45, 2.75) is 92.9 Å². The summed E-state index contributed by atoms with van der Waals surface area (Å²) >= 11 is 0. The molecule has 7 aromatic rings. The Morgan fingerprint density at radius 2 is 1.50 bits per heavy atom. The molecular weight excluding hydrogens is 820 g/mol. The minimum Gasteiger partial charge on any atom is -0.509 e. The summed E-state index contributed by atoms with van der Waals surface area (Å²) < 4.78 is 11.0. The summed E-state index contributed by atoms with van der Waals surface area (Å²) in [6, 6.07) is 35.3. The van der Waals surface area contributed by atoms with E-state index in [4.69, 9.17) is 14.8 Å². The van der Waals surface area contributed by atoms with Crippen molar-refractivity contribution in [3.05, 3.63) is 131 Å². The maximum atomic E-state index is 6.70. The number of aromatic nitrogens is 4. The topological polar surface area (TPSA) is 44.9 Å². The Bertz CT molecular complexity index is 2330. The molecule has 0 N–H and O–H groups in total. The van der Waals surface area contributed by atoms with Gasteiger partial charge in [0.25, 0.3) is 0 Å². The van der Waals surface area contributed by atoms with Crippen LogP contribution in [0.1, 0.15) is 94.4 Å². The van der Waals surface area contributed by atoms with Gasteiger partial charge in [-0.15, -0.1) is 41.3 Å². The fourth-order valence-electron chi connectivity index (χ4n) is 7.50. The van der Waals surface area contributed by atoms with Gasteiger partial charge in [-0.2, -0.15) is 11.2 Å². The molecule has 7 rings (SSSR count). The number of benzene rings is 4. The van der Waals surface area contributed by atoms with Gasteiger partial charge in [0.2, 0.25) is 0 Å². The molecule has 0 radical (unpaired) electrons. The first kappa shape index (κ1) is 37.3. The number of para-hydroxylation sites is 1. The van der Waals surface area contributed by atoms with E-state index >= 15 is 0 Å². The fraction of sp³-hybridized carbons (Fsp3) is 0.304. The van der Waals surface area contributed by atoms with Gasteiger partial charge in [0.05, 0.1) is 5.69 Å². The molecule has 0 saturated heterocycles. The fourth-order valence-corrected chi connectivity index (χ4v) is 7.50. The summed E-state index contributed by atoms with van der Waals surface area (Å²) in [5.41, 5.74) is 13.1. The van der Waals surface area contributed by atoms with Crippen LogP contribution >= 0.6 is 0 Å². The second-order valence-electron chi connectivity index (χ2n) is 13.7. The van der Waals surface area contributed by atoms with Crippen molar-refractivity contribution in [1.29, 1.82) is 0 Å². The number of pyridine rings is 1. The van der Waals surface area contributed by atoms with Crippen LogP contribution in [0.3, 0.4) is 0 Å². The van der Waals surface area contributed by atoms with E-state index in [-0.39, 0.29) is 27.0 Å². The number of nitrogens with zero attached hydrogens (tertiary/aromatic N) is 4. The van der Waals surface area contributed by atoms with Crippen molar-refractivity contribution >= 4 is 21.8 Å². The van der Waals surface area contributed by atoms with Crippen molar-refractivity contribution in [2.75, 3.05) is 0 Å².